The minimum Gasteiger partial charge on any atom is -0.325 e. The third-order valence-corrected chi connectivity index (χ3v) is 5.31. The SMILES string of the molecule is C=CCn1c(SCC(=O)Nc2ccccc2C(C)(C)C)nnc1C1CC1. The Labute approximate surface area is 159 Å². The fourth-order valence-electron chi connectivity index (χ4n) is 2.91. The first-order valence-electron chi connectivity index (χ1n) is 8.96. The molecule has 0 atom stereocenters. The van der Waals surface area contributed by atoms with E-state index in [0.717, 1.165) is 22.2 Å². The van der Waals surface area contributed by atoms with Crippen LogP contribution in [0.3, 0.4) is 0 Å². The van der Waals surface area contributed by atoms with E-state index in [1.54, 1.807) is 0 Å². The van der Waals surface area contributed by atoms with Gasteiger partial charge in [0.1, 0.15) is 5.82 Å². The lowest BCUT2D eigenvalue weighted by Crippen LogP contribution is -2.20. The van der Waals surface area contributed by atoms with E-state index in [2.05, 4.69) is 53.5 Å². The molecule has 5 nitrogen and oxygen atoms in total. The topological polar surface area (TPSA) is 59.8 Å². The zero-order valence-corrected chi connectivity index (χ0v) is 16.5. The predicted octanol–water partition coefficient (Wildman–Crippen LogP) is 4.37. The second kappa shape index (κ2) is 7.66. The maximum Gasteiger partial charge on any atom is 0.234 e. The van der Waals surface area contributed by atoms with Crippen molar-refractivity contribution >= 4 is 23.4 Å². The van der Waals surface area contributed by atoms with Gasteiger partial charge >= 0.3 is 0 Å². The summed E-state index contributed by atoms with van der Waals surface area (Å²) in [6.07, 6.45) is 4.19. The molecule has 1 heterocycles. The highest BCUT2D eigenvalue weighted by Crippen LogP contribution is 2.40. The fraction of sp³-hybridized carbons (Fsp3) is 0.450. The Kier molecular flexibility index (Phi) is 5.51. The van der Waals surface area contributed by atoms with E-state index in [4.69, 9.17) is 0 Å². The third kappa shape index (κ3) is 4.36. The van der Waals surface area contributed by atoms with Gasteiger partial charge in [-0.1, -0.05) is 56.8 Å². The van der Waals surface area contributed by atoms with Crippen molar-refractivity contribution in [2.24, 2.45) is 0 Å². The van der Waals surface area contributed by atoms with E-state index in [1.807, 2.05) is 24.3 Å². The van der Waals surface area contributed by atoms with E-state index in [1.165, 1.54) is 24.6 Å². The number of hydrogen-bond donors (Lipinski definition) is 1. The van der Waals surface area contributed by atoms with Crippen molar-refractivity contribution in [1.82, 2.24) is 14.8 Å². The van der Waals surface area contributed by atoms with Gasteiger partial charge in [-0.25, -0.2) is 0 Å². The van der Waals surface area contributed by atoms with Gasteiger partial charge in [-0.15, -0.1) is 16.8 Å². The number of benzene rings is 1. The molecule has 1 saturated carbocycles. The highest BCUT2D eigenvalue weighted by molar-refractivity contribution is 7.99. The molecule has 1 aliphatic carbocycles. The minimum absolute atomic E-state index is 0.0275. The van der Waals surface area contributed by atoms with E-state index in [0.29, 0.717) is 18.2 Å². The Morgan fingerprint density at radius 3 is 2.73 bits per heavy atom. The zero-order chi connectivity index (χ0) is 18.7. The summed E-state index contributed by atoms with van der Waals surface area (Å²) in [5.41, 5.74) is 1.97. The van der Waals surface area contributed by atoms with Crippen LogP contribution in [-0.4, -0.2) is 26.4 Å². The van der Waals surface area contributed by atoms with Crippen LogP contribution in [0.2, 0.25) is 0 Å². The number of nitrogens with one attached hydrogen (secondary N) is 1. The highest BCUT2D eigenvalue weighted by Gasteiger charge is 2.30. The van der Waals surface area contributed by atoms with Gasteiger partial charge in [0.2, 0.25) is 5.91 Å². The second-order valence-electron chi connectivity index (χ2n) is 7.65. The van der Waals surface area contributed by atoms with Gasteiger partial charge in [0, 0.05) is 18.2 Å². The Hall–Kier alpha value is -2.08. The van der Waals surface area contributed by atoms with Crippen molar-refractivity contribution in [3.63, 3.8) is 0 Å². The Morgan fingerprint density at radius 2 is 2.08 bits per heavy atom. The van der Waals surface area contributed by atoms with Gasteiger partial charge in [-0.05, 0) is 29.9 Å². The van der Waals surface area contributed by atoms with Crippen LogP contribution in [-0.2, 0) is 16.8 Å². The maximum atomic E-state index is 12.5. The van der Waals surface area contributed by atoms with Crippen LogP contribution in [0.4, 0.5) is 5.69 Å². The number of allylic oxidation sites excluding steroid dienone is 1. The van der Waals surface area contributed by atoms with Gasteiger partial charge in [0.15, 0.2) is 5.16 Å². The number of para-hydroxylation sites is 1. The standard InChI is InChI=1S/C20H26N4OS/c1-5-12-24-18(14-10-11-14)22-23-19(24)26-13-17(25)21-16-9-7-6-8-15(16)20(2,3)4/h5-9,14H,1,10-13H2,2-4H3,(H,21,25). The lowest BCUT2D eigenvalue weighted by molar-refractivity contribution is -0.113. The molecule has 1 fully saturated rings. The Morgan fingerprint density at radius 1 is 1.35 bits per heavy atom. The van der Waals surface area contributed by atoms with Crippen LogP contribution in [0.25, 0.3) is 0 Å². The number of thioether (sulfide) groups is 1. The second-order valence-corrected chi connectivity index (χ2v) is 8.59. The molecule has 1 amide bonds. The normalized spacial score (nSPS) is 14.3. The number of hydrogen-bond acceptors (Lipinski definition) is 4. The van der Waals surface area contributed by atoms with Gasteiger partial charge in [0.25, 0.3) is 0 Å². The maximum absolute atomic E-state index is 12.5. The number of amides is 1. The molecule has 1 aromatic heterocycles. The first-order valence-corrected chi connectivity index (χ1v) is 9.95. The molecule has 1 N–H and O–H groups in total. The average Bonchev–Trinajstić information content (AvgIpc) is 3.35. The molecule has 0 bridgehead atoms. The number of nitrogens with zero attached hydrogens (tertiary/aromatic N) is 3. The van der Waals surface area contributed by atoms with Crippen molar-refractivity contribution in [3.05, 3.63) is 48.3 Å². The largest absolute Gasteiger partial charge is 0.325 e. The summed E-state index contributed by atoms with van der Waals surface area (Å²) in [5.74, 6) is 1.81. The number of anilines is 1. The molecule has 138 valence electrons. The van der Waals surface area contributed by atoms with Crippen LogP contribution < -0.4 is 5.32 Å². The summed E-state index contributed by atoms with van der Waals surface area (Å²) < 4.78 is 2.08. The van der Waals surface area contributed by atoms with Gasteiger partial charge in [-0.3, -0.25) is 4.79 Å². The fourth-order valence-corrected chi connectivity index (χ4v) is 3.67. The molecule has 1 aromatic carbocycles. The van der Waals surface area contributed by atoms with Crippen molar-refractivity contribution in [2.45, 2.75) is 56.6 Å². The highest BCUT2D eigenvalue weighted by atomic mass is 32.2. The summed E-state index contributed by atoms with van der Waals surface area (Å²) >= 11 is 1.42. The van der Waals surface area contributed by atoms with E-state index < -0.39 is 0 Å². The summed E-state index contributed by atoms with van der Waals surface area (Å²) in [7, 11) is 0. The molecule has 6 heteroatoms. The lowest BCUT2D eigenvalue weighted by atomic mass is 9.86. The smallest absolute Gasteiger partial charge is 0.234 e. The molecular formula is C20H26N4OS. The van der Waals surface area contributed by atoms with Crippen LogP contribution in [0.5, 0.6) is 0 Å². The van der Waals surface area contributed by atoms with Crippen molar-refractivity contribution in [2.75, 3.05) is 11.1 Å². The van der Waals surface area contributed by atoms with Gasteiger partial charge < -0.3 is 9.88 Å². The Balaban J connectivity index is 1.66. The molecule has 3 rings (SSSR count). The monoisotopic (exact) mass is 370 g/mol. The third-order valence-electron chi connectivity index (χ3n) is 4.34. The molecule has 26 heavy (non-hydrogen) atoms. The van der Waals surface area contributed by atoms with E-state index in [9.17, 15) is 4.79 Å². The summed E-state index contributed by atoms with van der Waals surface area (Å²) in [6, 6.07) is 7.96. The van der Waals surface area contributed by atoms with Crippen molar-refractivity contribution < 1.29 is 4.79 Å². The Bertz CT molecular complexity index is 802. The lowest BCUT2D eigenvalue weighted by Gasteiger charge is -2.22. The number of aromatic nitrogens is 3. The van der Waals surface area contributed by atoms with Gasteiger partial charge in [-0.2, -0.15) is 0 Å². The summed E-state index contributed by atoms with van der Waals surface area (Å²) in [6.45, 7) is 10.9. The minimum atomic E-state index is -0.0344. The first-order chi connectivity index (χ1) is 12.4. The molecule has 1 aliphatic rings. The van der Waals surface area contributed by atoms with Crippen molar-refractivity contribution in [1.29, 1.82) is 0 Å². The predicted molar refractivity (Wildman–Crippen MR) is 107 cm³/mol. The summed E-state index contributed by atoms with van der Waals surface area (Å²) in [4.78, 5) is 12.5. The molecule has 2 aromatic rings. The van der Waals surface area contributed by atoms with Gasteiger partial charge in [0.05, 0.1) is 5.75 Å². The van der Waals surface area contributed by atoms with Crippen LogP contribution in [0.15, 0.2) is 42.1 Å². The van der Waals surface area contributed by atoms with Crippen molar-refractivity contribution in [3.8, 4) is 0 Å². The molecule has 0 aliphatic heterocycles. The molecular weight excluding hydrogens is 344 g/mol. The molecule has 0 unspecified atom stereocenters. The van der Waals surface area contributed by atoms with Crippen LogP contribution >= 0.6 is 11.8 Å². The van der Waals surface area contributed by atoms with Crippen LogP contribution in [0.1, 0.15) is 50.9 Å². The zero-order valence-electron chi connectivity index (χ0n) is 15.7. The van der Waals surface area contributed by atoms with E-state index in [-0.39, 0.29) is 11.3 Å². The van der Waals surface area contributed by atoms with E-state index >= 15 is 0 Å². The summed E-state index contributed by atoms with van der Waals surface area (Å²) in [5, 5.41) is 12.4. The number of carbonyl (C=O) groups is 1. The average molecular weight is 371 g/mol. The number of rotatable bonds is 7. The number of carbonyl (C=O) groups excluding carboxylic acids is 1. The van der Waals surface area contributed by atoms with Crippen LogP contribution in [0, 0.1) is 0 Å². The first kappa shape index (κ1) is 18.7. The molecule has 0 spiro atoms. The molecule has 0 radical (unpaired) electrons. The molecule has 0 saturated heterocycles. The quantitative estimate of drug-likeness (QED) is 0.581.